The molecule has 1 atom stereocenters. The van der Waals surface area contributed by atoms with Crippen LogP contribution in [0.3, 0.4) is 0 Å². The van der Waals surface area contributed by atoms with Crippen LogP contribution in [0.1, 0.15) is 96.3 Å². The first-order chi connectivity index (χ1) is 11.3. The van der Waals surface area contributed by atoms with Crippen LogP contribution in [0.2, 0.25) is 11.8 Å². The molecule has 0 saturated heterocycles. The summed E-state index contributed by atoms with van der Waals surface area (Å²) in [5.74, 6) is 0. The zero-order valence-electron chi connectivity index (χ0n) is 15.1. The van der Waals surface area contributed by atoms with Crippen LogP contribution in [0, 0.1) is 0 Å². The van der Waals surface area contributed by atoms with E-state index in [0.29, 0.717) is 0 Å². The Morgan fingerprint density at radius 3 is 1.22 bits per heavy atom. The molecule has 0 spiro atoms. The van der Waals surface area contributed by atoms with Gasteiger partial charge in [-0.25, -0.2) is 0 Å². The molecule has 2 heteroatoms. The minimum absolute atomic E-state index is 0.0707. The van der Waals surface area contributed by atoms with E-state index in [1.165, 1.54) is 96.3 Å². The molecule has 0 heterocycles. The minimum atomic E-state index is -2.74. The second kappa shape index (κ2) is 8.74. The van der Waals surface area contributed by atoms with Crippen molar-refractivity contribution < 1.29 is 5.11 Å². The van der Waals surface area contributed by atoms with Gasteiger partial charge in [0.05, 0.1) is 0 Å². The van der Waals surface area contributed by atoms with Crippen molar-refractivity contribution in [3.63, 3.8) is 0 Å². The van der Waals surface area contributed by atoms with E-state index in [1.54, 1.807) is 0 Å². The van der Waals surface area contributed by atoms with Gasteiger partial charge in [-0.2, -0.15) is 0 Å². The van der Waals surface area contributed by atoms with E-state index in [9.17, 15) is 5.11 Å². The molecule has 3 saturated carbocycles. The Bertz CT molecular complexity index is 316. The molecule has 0 aromatic carbocycles. The zero-order chi connectivity index (χ0) is 16.1. The van der Waals surface area contributed by atoms with Crippen molar-refractivity contribution in [1.29, 1.82) is 0 Å². The van der Waals surface area contributed by atoms with Gasteiger partial charge in [-0.05, 0) is 0 Å². The summed E-state index contributed by atoms with van der Waals surface area (Å²) in [6.07, 6.45) is 23.7. The van der Waals surface area contributed by atoms with Gasteiger partial charge in [0.15, 0.2) is 0 Å². The summed E-state index contributed by atoms with van der Waals surface area (Å²) in [7, 11) is 0. The topological polar surface area (TPSA) is 20.2 Å². The van der Waals surface area contributed by atoms with E-state index in [0.717, 1.165) is 11.8 Å². The van der Waals surface area contributed by atoms with Crippen molar-refractivity contribution >= 4 is 18.4 Å². The third kappa shape index (κ3) is 3.71. The fourth-order valence-electron chi connectivity index (χ4n) is 6.74. The van der Waals surface area contributed by atoms with Gasteiger partial charge in [-0.3, -0.25) is 0 Å². The summed E-state index contributed by atoms with van der Waals surface area (Å²) in [6.45, 7) is 4.11. The molecule has 3 aliphatic carbocycles. The Kier molecular flexibility index (Phi) is 6.95. The SMILES string of the molecule is C=C[CH](O)[Sn]([CH]1CCCCC1)([CH]1CCCCC1)[CH]1CCCCC1. The van der Waals surface area contributed by atoms with Crippen molar-refractivity contribution in [2.45, 2.75) is 112 Å². The van der Waals surface area contributed by atoms with Gasteiger partial charge in [0.25, 0.3) is 0 Å². The molecule has 0 aliphatic heterocycles. The van der Waals surface area contributed by atoms with E-state index in [2.05, 4.69) is 6.58 Å². The number of rotatable bonds is 5. The van der Waals surface area contributed by atoms with E-state index < -0.39 is 18.4 Å². The van der Waals surface area contributed by atoms with Crippen molar-refractivity contribution in [3.8, 4) is 0 Å². The second-order valence-electron chi connectivity index (χ2n) is 8.69. The van der Waals surface area contributed by atoms with Crippen molar-refractivity contribution in [2.24, 2.45) is 0 Å². The molecule has 0 bridgehead atoms. The van der Waals surface area contributed by atoms with Gasteiger partial charge in [-0.1, -0.05) is 0 Å². The van der Waals surface area contributed by atoms with Gasteiger partial charge in [0.2, 0.25) is 0 Å². The third-order valence-corrected chi connectivity index (χ3v) is 28.3. The predicted molar refractivity (Wildman–Crippen MR) is 102 cm³/mol. The molecule has 3 fully saturated rings. The molecule has 0 amide bonds. The van der Waals surface area contributed by atoms with E-state index in [1.807, 2.05) is 6.08 Å². The Balaban J connectivity index is 1.96. The predicted octanol–water partition coefficient (Wildman–Crippen LogP) is 6.52. The molecular weight excluding hydrogens is 387 g/mol. The van der Waals surface area contributed by atoms with Gasteiger partial charge >= 0.3 is 148 Å². The molecule has 1 nitrogen and oxygen atoms in total. The molecule has 0 aromatic rings. The first kappa shape index (κ1) is 18.3. The standard InChI is InChI=1S/3C6H11.C3H5O.Sn/c3*1-2-4-6-5-3-1;1-2-3-4;/h3*1H,2-6H2;2-4H,1H2;. The van der Waals surface area contributed by atoms with Crippen LogP contribution in [0.4, 0.5) is 0 Å². The van der Waals surface area contributed by atoms with Crippen LogP contribution < -0.4 is 0 Å². The fourth-order valence-corrected chi connectivity index (χ4v) is 29.8. The maximum absolute atomic E-state index is 11.4. The quantitative estimate of drug-likeness (QED) is 0.393. The monoisotopic (exact) mass is 426 g/mol. The van der Waals surface area contributed by atoms with Crippen molar-refractivity contribution in [1.82, 2.24) is 0 Å². The molecule has 0 radical (unpaired) electrons. The molecule has 1 unspecified atom stereocenters. The molecule has 23 heavy (non-hydrogen) atoms. The Morgan fingerprint density at radius 2 is 0.957 bits per heavy atom. The fraction of sp³-hybridized carbons (Fsp3) is 0.905. The summed E-state index contributed by atoms with van der Waals surface area (Å²) >= 11 is -2.74. The first-order valence-corrected chi connectivity index (χ1v) is 17.2. The van der Waals surface area contributed by atoms with Crippen LogP contribution in [0.15, 0.2) is 12.7 Å². The molecule has 132 valence electrons. The summed E-state index contributed by atoms with van der Waals surface area (Å²) in [4.78, 5) is 0. The summed E-state index contributed by atoms with van der Waals surface area (Å²) in [5, 5.41) is 11.4. The van der Waals surface area contributed by atoms with Gasteiger partial charge in [-0.15, -0.1) is 0 Å². The summed E-state index contributed by atoms with van der Waals surface area (Å²) in [5.41, 5.74) is 0. The zero-order valence-corrected chi connectivity index (χ0v) is 18.0. The van der Waals surface area contributed by atoms with E-state index in [-0.39, 0.29) is 4.12 Å². The van der Waals surface area contributed by atoms with Gasteiger partial charge in [0, 0.05) is 0 Å². The van der Waals surface area contributed by atoms with Crippen LogP contribution in [-0.2, 0) is 0 Å². The number of hydrogen-bond donors (Lipinski definition) is 1. The van der Waals surface area contributed by atoms with Crippen LogP contribution >= 0.6 is 0 Å². The maximum atomic E-state index is 11.4. The average Bonchev–Trinajstić information content (AvgIpc) is 2.65. The van der Waals surface area contributed by atoms with Crippen LogP contribution in [0.25, 0.3) is 0 Å². The molecule has 1 N–H and O–H groups in total. The molecule has 0 aromatic heterocycles. The number of hydrogen-bond acceptors (Lipinski definition) is 1. The van der Waals surface area contributed by atoms with Crippen molar-refractivity contribution in [3.05, 3.63) is 12.7 Å². The molecule has 3 rings (SSSR count). The summed E-state index contributed by atoms with van der Waals surface area (Å²) in [6, 6.07) is 0. The van der Waals surface area contributed by atoms with E-state index >= 15 is 0 Å². The Morgan fingerprint density at radius 1 is 0.652 bits per heavy atom. The first-order valence-electron chi connectivity index (χ1n) is 10.6. The van der Waals surface area contributed by atoms with Crippen LogP contribution in [-0.4, -0.2) is 27.6 Å². The number of aliphatic hydroxyl groups is 1. The normalized spacial score (nSPS) is 27.7. The number of aliphatic hydroxyl groups excluding tert-OH is 1. The molecule has 3 aliphatic rings. The molecular formula is C21H38OSn. The average molecular weight is 425 g/mol. The second-order valence-corrected chi connectivity index (χ2v) is 23.1. The Labute approximate surface area is 148 Å². The van der Waals surface area contributed by atoms with Gasteiger partial charge < -0.3 is 0 Å². The third-order valence-electron chi connectivity index (χ3n) is 7.67. The van der Waals surface area contributed by atoms with Crippen molar-refractivity contribution in [2.75, 3.05) is 0 Å². The Hall–Kier alpha value is 0.499. The van der Waals surface area contributed by atoms with E-state index in [4.69, 9.17) is 0 Å². The summed E-state index contributed by atoms with van der Waals surface area (Å²) < 4.78 is 2.80. The van der Waals surface area contributed by atoms with Gasteiger partial charge in [0.1, 0.15) is 0 Å². The van der Waals surface area contributed by atoms with Crippen LogP contribution in [0.5, 0.6) is 0 Å².